The summed E-state index contributed by atoms with van der Waals surface area (Å²) >= 11 is 11.9. The molecule has 0 aromatic carbocycles. The average molecular weight is 456 g/mol. The summed E-state index contributed by atoms with van der Waals surface area (Å²) in [5, 5.41) is 30.0. The van der Waals surface area contributed by atoms with Crippen LogP contribution in [-0.2, 0) is 16.9 Å². The normalized spacial score (nSPS) is 14.8. The second-order valence-corrected chi connectivity index (χ2v) is 7.53. The predicted octanol–water partition coefficient (Wildman–Crippen LogP) is 2.59. The Kier molecular flexibility index (Phi) is 4.98. The van der Waals surface area contributed by atoms with Crippen LogP contribution in [0, 0.1) is 17.0 Å². The third-order valence-electron chi connectivity index (χ3n) is 4.93. The van der Waals surface area contributed by atoms with E-state index in [4.69, 9.17) is 27.9 Å². The molecule has 0 unspecified atom stereocenters. The molecule has 14 heteroatoms. The number of ether oxygens (including phenoxy) is 1. The second kappa shape index (κ2) is 7.36. The van der Waals surface area contributed by atoms with Gasteiger partial charge in [-0.15, -0.1) is 5.10 Å². The Morgan fingerprint density at radius 3 is 2.77 bits per heavy atom. The van der Waals surface area contributed by atoms with Gasteiger partial charge in [0.1, 0.15) is 5.69 Å². The van der Waals surface area contributed by atoms with Crippen molar-refractivity contribution < 1.29 is 19.6 Å². The molecular weight excluding hydrogens is 441 g/mol. The lowest BCUT2D eigenvalue weighted by atomic mass is 10.2. The summed E-state index contributed by atoms with van der Waals surface area (Å²) in [5.74, 6) is -1.28. The summed E-state index contributed by atoms with van der Waals surface area (Å²) < 4.78 is 8.25. The molecule has 3 aromatic rings. The van der Waals surface area contributed by atoms with E-state index in [9.17, 15) is 20.0 Å². The number of nitrogens with zero attached hydrogens (tertiary/aromatic N) is 7. The minimum atomic E-state index is -1.24. The van der Waals surface area contributed by atoms with Crippen molar-refractivity contribution in [2.24, 2.45) is 0 Å². The highest BCUT2D eigenvalue weighted by Crippen LogP contribution is 2.47. The molecule has 0 atom stereocenters. The molecule has 1 fully saturated rings. The fourth-order valence-corrected chi connectivity index (χ4v) is 3.62. The second-order valence-electron chi connectivity index (χ2n) is 6.84. The van der Waals surface area contributed by atoms with Gasteiger partial charge in [0.15, 0.2) is 16.3 Å². The van der Waals surface area contributed by atoms with Crippen molar-refractivity contribution in [1.29, 1.82) is 0 Å². The van der Waals surface area contributed by atoms with E-state index >= 15 is 0 Å². The summed E-state index contributed by atoms with van der Waals surface area (Å²) in [7, 11) is 0. The summed E-state index contributed by atoms with van der Waals surface area (Å²) in [6.07, 6.45) is 2.60. The van der Waals surface area contributed by atoms with Crippen LogP contribution in [0.2, 0.25) is 10.4 Å². The molecule has 0 amide bonds. The van der Waals surface area contributed by atoms with Crippen LogP contribution in [0.3, 0.4) is 0 Å². The number of rotatable bonds is 8. The lowest BCUT2D eigenvalue weighted by molar-refractivity contribution is -0.386. The first kappa shape index (κ1) is 20.3. The molecule has 1 saturated carbocycles. The molecule has 3 aromatic heterocycles. The van der Waals surface area contributed by atoms with Crippen molar-refractivity contribution in [2.45, 2.75) is 38.3 Å². The molecule has 158 valence electrons. The van der Waals surface area contributed by atoms with E-state index in [1.54, 1.807) is 0 Å². The van der Waals surface area contributed by atoms with Gasteiger partial charge in [0.2, 0.25) is 5.28 Å². The SMILES string of the molecule is Cc1c([N+](=O)[O-])c(OCCCn2nc(Cl)c3cnc(Cl)nc32)nn1C1(C(=O)O)CC1. The third-order valence-corrected chi connectivity index (χ3v) is 5.39. The maximum Gasteiger partial charge on any atom is 0.353 e. The zero-order valence-electron chi connectivity index (χ0n) is 15.6. The van der Waals surface area contributed by atoms with Crippen LogP contribution in [0.15, 0.2) is 6.20 Å². The Morgan fingerprint density at radius 2 is 2.13 bits per heavy atom. The maximum absolute atomic E-state index is 11.6. The first-order valence-electron chi connectivity index (χ1n) is 8.90. The van der Waals surface area contributed by atoms with Crippen molar-refractivity contribution in [2.75, 3.05) is 6.61 Å². The van der Waals surface area contributed by atoms with Crippen LogP contribution in [0.1, 0.15) is 25.0 Å². The quantitative estimate of drug-likeness (QED) is 0.233. The van der Waals surface area contributed by atoms with Crippen LogP contribution < -0.4 is 4.74 Å². The van der Waals surface area contributed by atoms with Gasteiger partial charge in [-0.3, -0.25) is 10.1 Å². The fraction of sp³-hybridized carbons (Fsp3) is 0.438. The van der Waals surface area contributed by atoms with Gasteiger partial charge in [0, 0.05) is 19.2 Å². The van der Waals surface area contributed by atoms with Gasteiger partial charge in [0.05, 0.1) is 16.9 Å². The van der Waals surface area contributed by atoms with Gasteiger partial charge in [-0.2, -0.15) is 10.1 Å². The number of carboxylic acid groups (broad SMARTS) is 1. The highest BCUT2D eigenvalue weighted by molar-refractivity contribution is 6.34. The molecule has 1 N–H and O–H groups in total. The monoisotopic (exact) mass is 455 g/mol. The van der Waals surface area contributed by atoms with Gasteiger partial charge >= 0.3 is 17.5 Å². The topological polar surface area (TPSA) is 151 Å². The number of nitro groups is 1. The van der Waals surface area contributed by atoms with E-state index in [1.165, 1.54) is 22.5 Å². The predicted molar refractivity (Wildman–Crippen MR) is 104 cm³/mol. The first-order chi connectivity index (χ1) is 14.2. The summed E-state index contributed by atoms with van der Waals surface area (Å²) in [6.45, 7) is 1.89. The van der Waals surface area contributed by atoms with E-state index in [2.05, 4.69) is 20.2 Å². The van der Waals surface area contributed by atoms with E-state index < -0.39 is 16.4 Å². The van der Waals surface area contributed by atoms with Crippen LogP contribution in [-0.4, -0.2) is 52.1 Å². The molecule has 1 aliphatic rings. The zero-order valence-corrected chi connectivity index (χ0v) is 17.1. The van der Waals surface area contributed by atoms with Crippen LogP contribution in [0.4, 0.5) is 5.69 Å². The van der Waals surface area contributed by atoms with Crippen LogP contribution in [0.25, 0.3) is 11.0 Å². The molecule has 0 spiro atoms. The number of fused-ring (bicyclic) bond motifs is 1. The lowest BCUT2D eigenvalue weighted by Crippen LogP contribution is -2.29. The first-order valence-corrected chi connectivity index (χ1v) is 9.65. The van der Waals surface area contributed by atoms with Crippen LogP contribution in [0.5, 0.6) is 5.88 Å². The summed E-state index contributed by atoms with van der Waals surface area (Å²) in [4.78, 5) is 30.4. The van der Waals surface area contributed by atoms with Gasteiger partial charge in [-0.25, -0.2) is 19.1 Å². The summed E-state index contributed by atoms with van der Waals surface area (Å²) in [5.41, 5.74) is -0.968. The largest absolute Gasteiger partial charge is 0.479 e. The highest BCUT2D eigenvalue weighted by atomic mass is 35.5. The number of aryl methyl sites for hydroxylation is 1. The van der Waals surface area contributed by atoms with Crippen molar-refractivity contribution >= 4 is 45.9 Å². The minimum absolute atomic E-state index is 0.0562. The van der Waals surface area contributed by atoms with Crippen molar-refractivity contribution in [1.82, 2.24) is 29.5 Å². The van der Waals surface area contributed by atoms with Gasteiger partial charge in [-0.1, -0.05) is 11.6 Å². The molecule has 1 aliphatic carbocycles. The lowest BCUT2D eigenvalue weighted by Gasteiger charge is -2.11. The molecule has 0 aliphatic heterocycles. The fourth-order valence-electron chi connectivity index (χ4n) is 3.27. The maximum atomic E-state index is 11.6. The number of aliphatic carboxylic acids is 1. The Hall–Kier alpha value is -2.99. The van der Waals surface area contributed by atoms with Gasteiger partial charge in [-0.05, 0) is 31.4 Å². The van der Waals surface area contributed by atoms with E-state index in [-0.39, 0.29) is 34.3 Å². The average Bonchev–Trinajstić information content (AvgIpc) is 3.34. The molecule has 0 radical (unpaired) electrons. The van der Waals surface area contributed by atoms with E-state index in [1.807, 2.05) is 0 Å². The van der Waals surface area contributed by atoms with Crippen LogP contribution >= 0.6 is 23.2 Å². The number of carboxylic acids is 1. The molecular formula is C16H15Cl2N7O5. The Bertz CT molecular complexity index is 1170. The van der Waals surface area contributed by atoms with Gasteiger partial charge < -0.3 is 9.84 Å². The van der Waals surface area contributed by atoms with Crippen molar-refractivity contribution in [3.8, 4) is 5.88 Å². The molecule has 12 nitrogen and oxygen atoms in total. The standard InChI is InChI=1S/C16H15Cl2N7O5/c1-8-10(25(28)29)13(22-24(8)16(3-4-16)14(26)27)30-6-2-5-23-12-9(11(17)21-23)7-19-15(18)20-12/h7H,2-6H2,1H3,(H,26,27). The number of carbonyl (C=O) groups is 1. The Labute approximate surface area is 178 Å². The Balaban J connectivity index is 1.49. The van der Waals surface area contributed by atoms with Gasteiger partial charge in [0.25, 0.3) is 0 Å². The molecule has 3 heterocycles. The van der Waals surface area contributed by atoms with E-state index in [0.717, 1.165) is 0 Å². The van der Waals surface area contributed by atoms with Crippen molar-refractivity contribution in [3.05, 3.63) is 32.4 Å². The van der Waals surface area contributed by atoms with E-state index in [0.29, 0.717) is 36.8 Å². The zero-order chi connectivity index (χ0) is 21.6. The van der Waals surface area contributed by atoms with Crippen molar-refractivity contribution in [3.63, 3.8) is 0 Å². The summed E-state index contributed by atoms with van der Waals surface area (Å²) in [6, 6.07) is 0. The number of hydrogen-bond donors (Lipinski definition) is 1. The molecule has 0 saturated heterocycles. The molecule has 4 rings (SSSR count). The number of halogens is 2. The molecule has 30 heavy (non-hydrogen) atoms. The third kappa shape index (κ3) is 3.31. The smallest absolute Gasteiger partial charge is 0.353 e. The minimum Gasteiger partial charge on any atom is -0.479 e. The Morgan fingerprint density at radius 1 is 1.40 bits per heavy atom. The number of hydrogen-bond acceptors (Lipinski definition) is 8. The molecule has 0 bridgehead atoms. The number of aromatic nitrogens is 6. The highest BCUT2D eigenvalue weighted by Gasteiger charge is 2.55.